The molecule has 0 fully saturated rings. The molecule has 0 aliphatic rings. The number of methoxy groups -OCH3 is 3. The van der Waals surface area contributed by atoms with E-state index in [1.807, 2.05) is 40.9 Å². The predicted molar refractivity (Wildman–Crippen MR) is 131 cm³/mol. The van der Waals surface area contributed by atoms with E-state index in [1.54, 1.807) is 28.4 Å². The Labute approximate surface area is 199 Å². The molecular formula is C21H29IN6O3. The highest BCUT2D eigenvalue weighted by atomic mass is 127. The third kappa shape index (κ3) is 6.12. The van der Waals surface area contributed by atoms with Crippen LogP contribution in [0.1, 0.15) is 17.8 Å². The maximum atomic E-state index is 5.41. The Balaban J connectivity index is 0.00000341. The SMILES string of the molecule is CN=C(NCCCc1nnc2ccccn12)NCc1cc(OC)c(OC)c(OC)c1.I. The summed E-state index contributed by atoms with van der Waals surface area (Å²) in [6.07, 6.45) is 3.71. The van der Waals surface area contributed by atoms with E-state index in [1.165, 1.54) is 0 Å². The Bertz CT molecular complexity index is 983. The average Bonchev–Trinajstić information content (AvgIpc) is 3.20. The lowest BCUT2D eigenvalue weighted by Crippen LogP contribution is -2.37. The standard InChI is InChI=1S/C21H28N6O3.HI/c1-22-21(23-10-7-9-19-26-25-18-8-5-6-11-27(18)19)24-14-15-12-16(28-2)20(30-4)17(13-15)29-3;/h5-6,8,11-13H,7,9-10,14H2,1-4H3,(H2,22,23,24);1H. The highest BCUT2D eigenvalue weighted by Gasteiger charge is 2.13. The zero-order chi connectivity index (χ0) is 21.3. The Morgan fingerprint density at radius 1 is 1.03 bits per heavy atom. The van der Waals surface area contributed by atoms with Crippen LogP contribution in [0.2, 0.25) is 0 Å². The number of nitrogens with zero attached hydrogens (tertiary/aromatic N) is 4. The van der Waals surface area contributed by atoms with Crippen molar-refractivity contribution in [3.05, 3.63) is 47.9 Å². The minimum absolute atomic E-state index is 0. The van der Waals surface area contributed by atoms with Crippen molar-refractivity contribution in [3.63, 3.8) is 0 Å². The molecule has 168 valence electrons. The number of ether oxygens (including phenoxy) is 3. The molecule has 3 aromatic rings. The first kappa shape index (κ1) is 24.5. The molecule has 31 heavy (non-hydrogen) atoms. The van der Waals surface area contributed by atoms with Crippen molar-refractivity contribution in [2.75, 3.05) is 34.9 Å². The number of hydrogen-bond donors (Lipinski definition) is 2. The number of pyridine rings is 1. The van der Waals surface area contributed by atoms with Gasteiger partial charge in [0, 0.05) is 32.8 Å². The maximum Gasteiger partial charge on any atom is 0.203 e. The van der Waals surface area contributed by atoms with E-state index in [-0.39, 0.29) is 24.0 Å². The number of aromatic nitrogens is 3. The molecule has 0 aliphatic heterocycles. The Morgan fingerprint density at radius 3 is 2.42 bits per heavy atom. The van der Waals surface area contributed by atoms with Crippen LogP contribution in [-0.4, -0.2) is 55.5 Å². The summed E-state index contributed by atoms with van der Waals surface area (Å²) in [7, 11) is 6.55. The topological polar surface area (TPSA) is 94.3 Å². The van der Waals surface area contributed by atoms with Gasteiger partial charge >= 0.3 is 0 Å². The number of fused-ring (bicyclic) bond motifs is 1. The van der Waals surface area contributed by atoms with Gasteiger partial charge in [-0.25, -0.2) is 0 Å². The lowest BCUT2D eigenvalue weighted by Gasteiger charge is -2.16. The zero-order valence-corrected chi connectivity index (χ0v) is 20.5. The summed E-state index contributed by atoms with van der Waals surface area (Å²) in [5.41, 5.74) is 1.85. The summed E-state index contributed by atoms with van der Waals surface area (Å²) in [6.45, 7) is 1.32. The molecule has 0 atom stereocenters. The largest absolute Gasteiger partial charge is 0.493 e. The van der Waals surface area contributed by atoms with Crippen molar-refractivity contribution in [2.24, 2.45) is 4.99 Å². The van der Waals surface area contributed by atoms with Crippen molar-refractivity contribution in [3.8, 4) is 17.2 Å². The minimum atomic E-state index is 0. The van der Waals surface area contributed by atoms with Crippen LogP contribution < -0.4 is 24.8 Å². The minimum Gasteiger partial charge on any atom is -0.493 e. The number of guanidine groups is 1. The Morgan fingerprint density at radius 2 is 1.77 bits per heavy atom. The second-order valence-electron chi connectivity index (χ2n) is 6.53. The van der Waals surface area contributed by atoms with Crippen molar-refractivity contribution in [1.29, 1.82) is 0 Å². The second kappa shape index (κ2) is 12.2. The summed E-state index contributed by atoms with van der Waals surface area (Å²) >= 11 is 0. The molecule has 10 heteroatoms. The van der Waals surface area contributed by atoms with Crippen LogP contribution in [0.5, 0.6) is 17.2 Å². The maximum absolute atomic E-state index is 5.41. The first-order valence-electron chi connectivity index (χ1n) is 9.72. The van der Waals surface area contributed by atoms with E-state index in [4.69, 9.17) is 14.2 Å². The van der Waals surface area contributed by atoms with Gasteiger partial charge in [-0.15, -0.1) is 34.2 Å². The van der Waals surface area contributed by atoms with Crippen LogP contribution in [0.4, 0.5) is 0 Å². The fourth-order valence-corrected chi connectivity index (χ4v) is 3.16. The molecule has 0 saturated heterocycles. The highest BCUT2D eigenvalue weighted by molar-refractivity contribution is 14.0. The number of aliphatic imine (C=N–C) groups is 1. The van der Waals surface area contributed by atoms with Crippen molar-refractivity contribution < 1.29 is 14.2 Å². The van der Waals surface area contributed by atoms with Gasteiger partial charge in [0.25, 0.3) is 0 Å². The molecule has 3 rings (SSSR count). The number of halogens is 1. The molecule has 0 unspecified atom stereocenters. The number of benzene rings is 1. The molecule has 0 saturated carbocycles. The Hall–Kier alpha value is -2.76. The molecular weight excluding hydrogens is 511 g/mol. The number of rotatable bonds is 9. The van der Waals surface area contributed by atoms with Crippen molar-refractivity contribution >= 4 is 35.6 Å². The molecule has 9 nitrogen and oxygen atoms in total. The van der Waals surface area contributed by atoms with Crippen LogP contribution in [-0.2, 0) is 13.0 Å². The smallest absolute Gasteiger partial charge is 0.203 e. The zero-order valence-electron chi connectivity index (χ0n) is 18.2. The molecule has 0 radical (unpaired) electrons. The number of hydrogen-bond acceptors (Lipinski definition) is 6. The third-order valence-electron chi connectivity index (χ3n) is 4.66. The number of aryl methyl sites for hydroxylation is 1. The average molecular weight is 540 g/mol. The molecule has 1 aromatic carbocycles. The summed E-state index contributed by atoms with van der Waals surface area (Å²) in [6, 6.07) is 9.71. The van der Waals surface area contributed by atoms with E-state index in [0.717, 1.165) is 42.4 Å². The molecule has 0 aliphatic carbocycles. The molecule has 0 amide bonds. The first-order chi connectivity index (χ1) is 14.7. The van der Waals surface area contributed by atoms with Crippen LogP contribution >= 0.6 is 24.0 Å². The van der Waals surface area contributed by atoms with E-state index < -0.39 is 0 Å². The van der Waals surface area contributed by atoms with Gasteiger partial charge < -0.3 is 24.8 Å². The fraction of sp³-hybridized carbons (Fsp3) is 0.381. The number of nitrogens with one attached hydrogen (secondary N) is 2. The lowest BCUT2D eigenvalue weighted by molar-refractivity contribution is 0.323. The summed E-state index contributed by atoms with van der Waals surface area (Å²) in [5, 5.41) is 15.1. The van der Waals surface area contributed by atoms with Gasteiger partial charge in [-0.3, -0.25) is 9.39 Å². The van der Waals surface area contributed by atoms with Gasteiger partial charge in [-0.1, -0.05) is 6.07 Å². The van der Waals surface area contributed by atoms with Gasteiger partial charge in [-0.05, 0) is 36.2 Å². The van der Waals surface area contributed by atoms with Gasteiger partial charge in [-0.2, -0.15) is 0 Å². The summed E-state index contributed by atoms with van der Waals surface area (Å²) in [4.78, 5) is 4.28. The van der Waals surface area contributed by atoms with Crippen LogP contribution in [0, 0.1) is 0 Å². The lowest BCUT2D eigenvalue weighted by atomic mass is 10.2. The summed E-state index contributed by atoms with van der Waals surface area (Å²) < 4.78 is 18.2. The van der Waals surface area contributed by atoms with Gasteiger partial charge in [0.1, 0.15) is 5.82 Å². The molecule has 2 N–H and O–H groups in total. The first-order valence-corrected chi connectivity index (χ1v) is 9.72. The van der Waals surface area contributed by atoms with Gasteiger partial charge in [0.15, 0.2) is 23.1 Å². The summed E-state index contributed by atoms with van der Waals surface area (Å²) in [5.74, 6) is 3.49. The third-order valence-corrected chi connectivity index (χ3v) is 4.66. The molecule has 0 spiro atoms. The van der Waals surface area contributed by atoms with E-state index in [2.05, 4.69) is 25.8 Å². The van der Waals surface area contributed by atoms with Crippen LogP contribution in [0.15, 0.2) is 41.5 Å². The monoisotopic (exact) mass is 540 g/mol. The molecule has 0 bridgehead atoms. The normalized spacial score (nSPS) is 11.0. The predicted octanol–water partition coefficient (Wildman–Crippen LogP) is 2.67. The Kier molecular flexibility index (Phi) is 9.63. The van der Waals surface area contributed by atoms with Crippen LogP contribution in [0.25, 0.3) is 5.65 Å². The van der Waals surface area contributed by atoms with Crippen molar-refractivity contribution in [2.45, 2.75) is 19.4 Å². The second-order valence-corrected chi connectivity index (χ2v) is 6.53. The quantitative estimate of drug-likeness (QED) is 0.187. The highest BCUT2D eigenvalue weighted by Crippen LogP contribution is 2.38. The molecule has 2 heterocycles. The van der Waals surface area contributed by atoms with Crippen LogP contribution in [0.3, 0.4) is 0 Å². The fourth-order valence-electron chi connectivity index (χ4n) is 3.16. The van der Waals surface area contributed by atoms with E-state index in [9.17, 15) is 0 Å². The molecule has 2 aromatic heterocycles. The van der Waals surface area contributed by atoms with E-state index >= 15 is 0 Å². The van der Waals surface area contributed by atoms with Gasteiger partial charge in [0.05, 0.1) is 21.3 Å². The van der Waals surface area contributed by atoms with Crippen molar-refractivity contribution in [1.82, 2.24) is 25.2 Å². The van der Waals surface area contributed by atoms with Gasteiger partial charge in [0.2, 0.25) is 5.75 Å². The van der Waals surface area contributed by atoms with E-state index in [0.29, 0.717) is 23.8 Å².